The van der Waals surface area contributed by atoms with E-state index < -0.39 is 21.5 Å². The zero-order chi connectivity index (χ0) is 19.9. The highest BCUT2D eigenvalue weighted by Crippen LogP contribution is 2.14. The number of amides is 2. The smallest absolute Gasteiger partial charge is 0.251 e. The largest absolute Gasteiger partial charge is 0.352 e. The highest BCUT2D eigenvalue weighted by molar-refractivity contribution is 9.10. The molecule has 8 heteroatoms. The van der Waals surface area contributed by atoms with E-state index in [1.807, 2.05) is 6.92 Å². The van der Waals surface area contributed by atoms with Gasteiger partial charge in [-0.1, -0.05) is 40.2 Å². The first-order valence-electron chi connectivity index (χ1n) is 8.38. The molecule has 2 rings (SSSR count). The second-order valence-electron chi connectivity index (χ2n) is 6.00. The second kappa shape index (κ2) is 9.66. The van der Waals surface area contributed by atoms with E-state index in [0.29, 0.717) is 17.7 Å². The molecule has 6 nitrogen and oxygen atoms in total. The van der Waals surface area contributed by atoms with Crippen molar-refractivity contribution in [2.45, 2.75) is 19.2 Å². The van der Waals surface area contributed by atoms with Crippen LogP contribution in [0.1, 0.15) is 28.4 Å². The minimum Gasteiger partial charge on any atom is -0.352 e. The summed E-state index contributed by atoms with van der Waals surface area (Å²) < 4.78 is 25.2. The zero-order valence-electron chi connectivity index (χ0n) is 14.9. The Morgan fingerprint density at radius 2 is 1.70 bits per heavy atom. The van der Waals surface area contributed by atoms with E-state index in [2.05, 4.69) is 26.6 Å². The van der Waals surface area contributed by atoms with Crippen molar-refractivity contribution in [1.82, 2.24) is 10.6 Å². The molecule has 0 unspecified atom stereocenters. The lowest BCUT2D eigenvalue weighted by atomic mass is 10.1. The van der Waals surface area contributed by atoms with Crippen LogP contribution >= 0.6 is 15.9 Å². The van der Waals surface area contributed by atoms with Gasteiger partial charge in [0.15, 0.2) is 9.84 Å². The van der Waals surface area contributed by atoms with Crippen LogP contribution in [0.4, 0.5) is 0 Å². The standard InChI is InChI=1S/C19H21BrN2O4S/c1-2-21-19(24)16-7-3-5-14(9-16)11-22-18(23)13-27(25,26)12-15-6-4-8-17(20)10-15/h3-10H,2,11-13H2,1H3,(H,21,24)(H,22,23). The Bertz CT molecular complexity index is 929. The number of carbonyl (C=O) groups excluding carboxylic acids is 2. The molecule has 2 aromatic rings. The maximum atomic E-state index is 12.2. The lowest BCUT2D eigenvalue weighted by Crippen LogP contribution is -2.30. The molecule has 0 aromatic heterocycles. The molecule has 0 bridgehead atoms. The molecule has 0 aliphatic heterocycles. The van der Waals surface area contributed by atoms with Crippen LogP contribution in [0.25, 0.3) is 0 Å². The summed E-state index contributed by atoms with van der Waals surface area (Å²) in [5.74, 6) is -1.56. The molecule has 2 N–H and O–H groups in total. The van der Waals surface area contributed by atoms with E-state index in [9.17, 15) is 18.0 Å². The number of nitrogens with one attached hydrogen (secondary N) is 2. The third-order valence-corrected chi connectivity index (χ3v) is 5.61. The molecule has 2 aromatic carbocycles. The molecule has 0 spiro atoms. The second-order valence-corrected chi connectivity index (χ2v) is 8.98. The molecule has 0 radical (unpaired) electrons. The quantitative estimate of drug-likeness (QED) is 0.642. The molecule has 0 saturated heterocycles. The summed E-state index contributed by atoms with van der Waals surface area (Å²) in [6, 6.07) is 13.8. The van der Waals surface area contributed by atoms with Gasteiger partial charge in [-0.25, -0.2) is 8.42 Å². The van der Waals surface area contributed by atoms with Crippen molar-refractivity contribution < 1.29 is 18.0 Å². The van der Waals surface area contributed by atoms with E-state index in [1.165, 1.54) is 0 Å². The molecule has 27 heavy (non-hydrogen) atoms. The van der Waals surface area contributed by atoms with Crippen LogP contribution in [0.3, 0.4) is 0 Å². The molecule has 0 heterocycles. The Hall–Kier alpha value is -2.19. The first-order valence-corrected chi connectivity index (χ1v) is 11.0. The third-order valence-electron chi connectivity index (χ3n) is 3.64. The third kappa shape index (κ3) is 7.15. The van der Waals surface area contributed by atoms with Crippen LogP contribution in [-0.2, 0) is 26.9 Å². The Morgan fingerprint density at radius 3 is 2.41 bits per heavy atom. The summed E-state index contributed by atoms with van der Waals surface area (Å²) in [6.45, 7) is 2.50. The number of halogens is 1. The molecule has 0 atom stereocenters. The van der Waals surface area contributed by atoms with Crippen LogP contribution in [0.5, 0.6) is 0 Å². The van der Waals surface area contributed by atoms with Gasteiger partial charge in [0.05, 0.1) is 5.75 Å². The maximum Gasteiger partial charge on any atom is 0.251 e. The predicted octanol–water partition coefficient (Wildman–Crippen LogP) is 2.43. The van der Waals surface area contributed by atoms with Gasteiger partial charge in [0.1, 0.15) is 5.75 Å². The van der Waals surface area contributed by atoms with E-state index in [4.69, 9.17) is 0 Å². The van der Waals surface area contributed by atoms with E-state index >= 15 is 0 Å². The highest BCUT2D eigenvalue weighted by Gasteiger charge is 2.17. The monoisotopic (exact) mass is 452 g/mol. The first kappa shape index (κ1) is 21.1. The molecule has 2 amide bonds. The van der Waals surface area contributed by atoms with E-state index in [0.717, 1.165) is 10.0 Å². The summed E-state index contributed by atoms with van der Waals surface area (Å²) in [6.07, 6.45) is 0. The Morgan fingerprint density at radius 1 is 1.00 bits per heavy atom. The topological polar surface area (TPSA) is 92.3 Å². The summed E-state index contributed by atoms with van der Waals surface area (Å²) in [5, 5.41) is 5.29. The number of rotatable bonds is 8. The molecule has 144 valence electrons. The van der Waals surface area contributed by atoms with Crippen LogP contribution in [-0.4, -0.2) is 32.5 Å². The predicted molar refractivity (Wildman–Crippen MR) is 108 cm³/mol. The average molecular weight is 453 g/mol. The van der Waals surface area contributed by atoms with E-state index in [1.54, 1.807) is 48.5 Å². The van der Waals surface area contributed by atoms with Crippen LogP contribution in [0.15, 0.2) is 53.0 Å². The molecular weight excluding hydrogens is 432 g/mol. The molecule has 0 fully saturated rings. The summed E-state index contributed by atoms with van der Waals surface area (Å²) in [4.78, 5) is 23.9. The number of benzene rings is 2. The van der Waals surface area contributed by atoms with Gasteiger partial charge in [0.2, 0.25) is 5.91 Å². The maximum absolute atomic E-state index is 12.2. The van der Waals surface area contributed by atoms with Crippen molar-refractivity contribution in [3.8, 4) is 0 Å². The van der Waals surface area contributed by atoms with Crippen molar-refractivity contribution in [3.63, 3.8) is 0 Å². The fraction of sp³-hybridized carbons (Fsp3) is 0.263. The van der Waals surface area contributed by atoms with Crippen molar-refractivity contribution in [2.24, 2.45) is 0 Å². The lowest BCUT2D eigenvalue weighted by Gasteiger charge is -2.08. The number of hydrogen-bond acceptors (Lipinski definition) is 4. The fourth-order valence-electron chi connectivity index (χ4n) is 2.47. The molecule has 0 aliphatic carbocycles. The van der Waals surface area contributed by atoms with Crippen molar-refractivity contribution in [2.75, 3.05) is 12.3 Å². The zero-order valence-corrected chi connectivity index (χ0v) is 17.3. The van der Waals surface area contributed by atoms with Gasteiger partial charge in [0.25, 0.3) is 5.91 Å². The van der Waals surface area contributed by atoms with Gasteiger partial charge in [0, 0.05) is 23.1 Å². The Labute approximate surface area is 167 Å². The number of carbonyl (C=O) groups is 2. The fourth-order valence-corrected chi connectivity index (χ4v) is 4.21. The van der Waals surface area contributed by atoms with E-state index in [-0.39, 0.29) is 18.2 Å². The van der Waals surface area contributed by atoms with Gasteiger partial charge in [-0.15, -0.1) is 0 Å². The number of hydrogen-bond donors (Lipinski definition) is 2. The average Bonchev–Trinajstić information content (AvgIpc) is 2.59. The number of sulfone groups is 1. The van der Waals surface area contributed by atoms with Crippen LogP contribution in [0, 0.1) is 0 Å². The van der Waals surface area contributed by atoms with Crippen molar-refractivity contribution in [3.05, 3.63) is 69.7 Å². The minimum absolute atomic E-state index is 0.151. The molecule has 0 saturated carbocycles. The van der Waals surface area contributed by atoms with Crippen LogP contribution < -0.4 is 10.6 Å². The summed E-state index contributed by atoms with van der Waals surface area (Å²) in [5.41, 5.74) is 1.83. The lowest BCUT2D eigenvalue weighted by molar-refractivity contribution is -0.118. The Balaban J connectivity index is 1.92. The summed E-state index contributed by atoms with van der Waals surface area (Å²) in [7, 11) is -3.58. The molecule has 0 aliphatic rings. The van der Waals surface area contributed by atoms with Crippen LogP contribution in [0.2, 0.25) is 0 Å². The van der Waals surface area contributed by atoms with Gasteiger partial charge in [-0.05, 0) is 42.3 Å². The molecular formula is C19H21BrN2O4S. The SMILES string of the molecule is CCNC(=O)c1cccc(CNC(=O)CS(=O)(=O)Cc2cccc(Br)c2)c1. The normalized spacial score (nSPS) is 11.0. The Kier molecular flexibility index (Phi) is 7.55. The van der Waals surface area contributed by atoms with Crippen molar-refractivity contribution >= 4 is 37.6 Å². The van der Waals surface area contributed by atoms with Gasteiger partial charge in [-0.3, -0.25) is 9.59 Å². The first-order chi connectivity index (χ1) is 12.8. The van der Waals surface area contributed by atoms with Crippen molar-refractivity contribution in [1.29, 1.82) is 0 Å². The van der Waals surface area contributed by atoms with Gasteiger partial charge >= 0.3 is 0 Å². The minimum atomic E-state index is -3.58. The highest BCUT2D eigenvalue weighted by atomic mass is 79.9. The van der Waals surface area contributed by atoms with Gasteiger partial charge < -0.3 is 10.6 Å². The summed E-state index contributed by atoms with van der Waals surface area (Å²) >= 11 is 3.29. The van der Waals surface area contributed by atoms with Gasteiger partial charge in [-0.2, -0.15) is 0 Å².